The van der Waals surface area contributed by atoms with Crippen LogP contribution in [0.4, 0.5) is 5.69 Å². The second kappa shape index (κ2) is 15.6. The molecule has 10 aromatic carbocycles. The molecule has 3 aromatic heterocycles. The minimum atomic E-state index is 0.618. The molecular formula is C56H38BrClN4. The lowest BCUT2D eigenvalue weighted by Gasteiger charge is -2.10. The van der Waals surface area contributed by atoms with Crippen molar-refractivity contribution in [3.63, 3.8) is 0 Å². The Balaban J connectivity index is 0.000000121. The van der Waals surface area contributed by atoms with Crippen molar-refractivity contribution in [2.45, 2.75) is 0 Å². The lowest BCUT2D eigenvalue weighted by molar-refractivity contribution is 1.19. The molecule has 13 aromatic rings. The van der Waals surface area contributed by atoms with Crippen molar-refractivity contribution in [2.75, 3.05) is 5.73 Å². The number of aromatic amines is 1. The minimum absolute atomic E-state index is 0.618. The van der Waals surface area contributed by atoms with Crippen LogP contribution < -0.4 is 5.73 Å². The number of fused-ring (bicyclic) bond motifs is 15. The van der Waals surface area contributed by atoms with Crippen molar-refractivity contribution in [1.82, 2.24) is 14.1 Å². The number of anilines is 1. The maximum atomic E-state index is 5.58. The summed E-state index contributed by atoms with van der Waals surface area (Å²) in [6.45, 7) is 0. The van der Waals surface area contributed by atoms with Crippen molar-refractivity contribution in [3.8, 4) is 11.4 Å². The maximum Gasteiger partial charge on any atom is 0.0635 e. The quantitative estimate of drug-likeness (QED) is 0.167. The third kappa shape index (κ3) is 6.20. The number of nitrogens with zero attached hydrogens (tertiary/aromatic N) is 2. The van der Waals surface area contributed by atoms with Gasteiger partial charge in [-0.3, -0.25) is 0 Å². The number of rotatable bonds is 2. The topological polar surface area (TPSA) is 51.7 Å². The summed E-state index contributed by atoms with van der Waals surface area (Å²) >= 11 is 9.34. The van der Waals surface area contributed by atoms with E-state index in [4.69, 9.17) is 17.3 Å². The molecule has 0 fully saturated rings. The van der Waals surface area contributed by atoms with Crippen LogP contribution >= 0.6 is 27.5 Å². The van der Waals surface area contributed by atoms with Crippen LogP contribution in [-0.4, -0.2) is 14.1 Å². The van der Waals surface area contributed by atoms with Crippen molar-refractivity contribution in [3.05, 3.63) is 222 Å². The Hall–Kier alpha value is -7.31. The van der Waals surface area contributed by atoms with Crippen molar-refractivity contribution < 1.29 is 0 Å². The Morgan fingerprint density at radius 1 is 0.403 bits per heavy atom. The van der Waals surface area contributed by atoms with Crippen LogP contribution in [-0.2, 0) is 0 Å². The minimum Gasteiger partial charge on any atom is -0.398 e. The van der Waals surface area contributed by atoms with Crippen LogP contribution in [0.2, 0.25) is 5.02 Å². The lowest BCUT2D eigenvalue weighted by Crippen LogP contribution is -1.94. The van der Waals surface area contributed by atoms with Crippen LogP contribution in [0.3, 0.4) is 0 Å². The average molecular weight is 882 g/mol. The van der Waals surface area contributed by atoms with E-state index in [0.717, 1.165) is 4.47 Å². The summed E-state index contributed by atoms with van der Waals surface area (Å²) in [5.74, 6) is 0. The molecule has 62 heavy (non-hydrogen) atoms. The monoisotopic (exact) mass is 880 g/mol. The summed E-state index contributed by atoms with van der Waals surface area (Å²) in [7, 11) is 0. The van der Waals surface area contributed by atoms with Crippen molar-refractivity contribution in [2.24, 2.45) is 0 Å². The average Bonchev–Trinajstić information content (AvgIpc) is 4.00. The van der Waals surface area contributed by atoms with Crippen LogP contribution in [0.5, 0.6) is 0 Å². The first-order chi connectivity index (χ1) is 30.6. The predicted molar refractivity (Wildman–Crippen MR) is 270 cm³/mol. The molecule has 0 aliphatic heterocycles. The van der Waals surface area contributed by atoms with Gasteiger partial charge in [-0.05, 0) is 66.0 Å². The molecule has 0 radical (unpaired) electrons. The molecule has 0 aliphatic rings. The molecule has 3 N–H and O–H groups in total. The molecule has 0 atom stereocenters. The van der Waals surface area contributed by atoms with E-state index in [1.807, 2.05) is 12.1 Å². The highest BCUT2D eigenvalue weighted by Crippen LogP contribution is 2.45. The van der Waals surface area contributed by atoms with Gasteiger partial charge >= 0.3 is 0 Å². The number of H-pyrrole nitrogens is 1. The Morgan fingerprint density at radius 3 is 1.50 bits per heavy atom. The van der Waals surface area contributed by atoms with E-state index in [0.29, 0.717) is 10.7 Å². The number of hydrogen-bond donors (Lipinski definition) is 2. The first-order valence-electron chi connectivity index (χ1n) is 20.6. The van der Waals surface area contributed by atoms with E-state index >= 15 is 0 Å². The molecule has 0 aliphatic carbocycles. The van der Waals surface area contributed by atoms with Crippen molar-refractivity contribution >= 4 is 120 Å². The van der Waals surface area contributed by atoms with Gasteiger partial charge in [0.05, 0.1) is 38.3 Å². The zero-order valence-electron chi connectivity index (χ0n) is 33.4. The standard InChI is InChI=1S/C28H18N2.C22H14BrN.C6H6ClN/c1-2-10-18(11-3-1)30-24-17-9-7-15-22(24)26-25-21-14-6-8-16-23(21)29-27(25)19-12-4-5-13-20(19)28(26)30;23-20-14-19-17-11-6-7-13-21(17)24(15-8-2-1-3-9-15)22(19)18-12-5-4-10-16(18)20;7-5-3-1-2-4-6(5)8/h1-17,29H;1-14H;1-4H,8H2. The Labute approximate surface area is 371 Å². The lowest BCUT2D eigenvalue weighted by atomic mass is 9.99. The van der Waals surface area contributed by atoms with E-state index in [1.54, 1.807) is 12.1 Å². The fourth-order valence-electron chi connectivity index (χ4n) is 9.20. The van der Waals surface area contributed by atoms with Gasteiger partial charge in [-0.2, -0.15) is 0 Å². The largest absolute Gasteiger partial charge is 0.398 e. The third-order valence-corrected chi connectivity index (χ3v) is 12.8. The van der Waals surface area contributed by atoms with E-state index < -0.39 is 0 Å². The molecule has 3 heterocycles. The van der Waals surface area contributed by atoms with Gasteiger partial charge in [0.1, 0.15) is 0 Å². The van der Waals surface area contributed by atoms with Crippen LogP contribution in [0.15, 0.2) is 217 Å². The van der Waals surface area contributed by atoms with Crippen LogP contribution in [0.1, 0.15) is 0 Å². The van der Waals surface area contributed by atoms with Gasteiger partial charge in [-0.15, -0.1) is 0 Å². The van der Waals surface area contributed by atoms with E-state index in [2.05, 4.69) is 218 Å². The molecule has 4 nitrogen and oxygen atoms in total. The van der Waals surface area contributed by atoms with Crippen LogP contribution in [0, 0.1) is 0 Å². The highest BCUT2D eigenvalue weighted by molar-refractivity contribution is 9.10. The fraction of sp³-hybridized carbons (Fsp3) is 0. The molecule has 6 heteroatoms. The number of nitrogen functional groups attached to an aromatic ring is 1. The molecule has 0 unspecified atom stereocenters. The van der Waals surface area contributed by atoms with Gasteiger partial charge in [0, 0.05) is 69.8 Å². The molecule has 0 saturated carbocycles. The summed E-state index contributed by atoms with van der Waals surface area (Å²) < 4.78 is 5.94. The predicted octanol–water partition coefficient (Wildman–Crippen LogP) is 16.2. The zero-order chi connectivity index (χ0) is 41.7. The SMILES string of the molecule is Brc1cc2c3ccccc3n(-c3ccccc3)c2c2ccccc12.Nc1ccccc1Cl.c1ccc(-n2c3ccccc3c3c4c5ccccc5[nH]c4c4ccccc4c32)cc1. The fourth-order valence-corrected chi connectivity index (χ4v) is 9.91. The first-order valence-corrected chi connectivity index (χ1v) is 21.8. The summed E-state index contributed by atoms with van der Waals surface area (Å²) in [5.41, 5.74) is 15.8. The summed E-state index contributed by atoms with van der Waals surface area (Å²) in [5, 5.41) is 13.4. The third-order valence-electron chi connectivity index (χ3n) is 11.8. The van der Waals surface area contributed by atoms with Gasteiger partial charge in [-0.1, -0.05) is 179 Å². The molecule has 296 valence electrons. The Kier molecular flexibility index (Phi) is 9.49. The normalized spacial score (nSPS) is 11.5. The second-order valence-corrected chi connectivity index (χ2v) is 16.6. The zero-order valence-corrected chi connectivity index (χ0v) is 35.8. The van der Waals surface area contributed by atoms with Gasteiger partial charge in [-0.25, -0.2) is 0 Å². The summed E-state index contributed by atoms with van der Waals surface area (Å²) in [6, 6.07) is 74.1. The van der Waals surface area contributed by atoms with E-state index in [1.165, 1.54) is 98.3 Å². The molecule has 0 amide bonds. The van der Waals surface area contributed by atoms with Gasteiger partial charge in [0.2, 0.25) is 0 Å². The smallest absolute Gasteiger partial charge is 0.0635 e. The van der Waals surface area contributed by atoms with Crippen LogP contribution in [0.25, 0.3) is 98.3 Å². The highest BCUT2D eigenvalue weighted by atomic mass is 79.9. The number of hydrogen-bond acceptors (Lipinski definition) is 1. The number of nitrogens with one attached hydrogen (secondary N) is 1. The summed E-state index contributed by atoms with van der Waals surface area (Å²) in [6.07, 6.45) is 0. The molecule has 0 saturated heterocycles. The molecule has 13 rings (SSSR count). The van der Waals surface area contributed by atoms with E-state index in [9.17, 15) is 0 Å². The second-order valence-electron chi connectivity index (χ2n) is 15.4. The number of nitrogens with two attached hydrogens (primary N) is 1. The maximum absolute atomic E-state index is 5.58. The number of aromatic nitrogens is 3. The van der Waals surface area contributed by atoms with Crippen molar-refractivity contribution in [1.29, 1.82) is 0 Å². The van der Waals surface area contributed by atoms with E-state index in [-0.39, 0.29) is 0 Å². The molecule has 0 bridgehead atoms. The Bertz CT molecular complexity index is 3770. The summed E-state index contributed by atoms with van der Waals surface area (Å²) in [4.78, 5) is 3.72. The molecular weight excluding hydrogens is 844 g/mol. The number of benzene rings is 10. The number of halogens is 2. The molecule has 0 spiro atoms. The number of para-hydroxylation sites is 6. The highest BCUT2D eigenvalue weighted by Gasteiger charge is 2.21. The first kappa shape index (κ1) is 37.7. The Morgan fingerprint density at radius 2 is 0.871 bits per heavy atom. The van der Waals surface area contributed by atoms with Gasteiger partial charge < -0.3 is 19.9 Å². The van der Waals surface area contributed by atoms with Gasteiger partial charge in [0.25, 0.3) is 0 Å². The van der Waals surface area contributed by atoms with Gasteiger partial charge in [0.15, 0.2) is 0 Å².